The largest absolute Gasteiger partial charge is 0.392 e. The van der Waals surface area contributed by atoms with Crippen LogP contribution in [0.15, 0.2) is 48.5 Å². The molecule has 0 bridgehead atoms. The molecule has 0 spiro atoms. The highest BCUT2D eigenvalue weighted by Crippen LogP contribution is 2.29. The number of aliphatic hydroxyl groups excluding tert-OH is 1. The number of amides is 2. The van der Waals surface area contributed by atoms with E-state index < -0.39 is 0 Å². The second-order valence-corrected chi connectivity index (χ2v) is 6.90. The summed E-state index contributed by atoms with van der Waals surface area (Å²) in [4.78, 5) is 12.1. The maximum Gasteiger partial charge on any atom is 0.319 e. The summed E-state index contributed by atoms with van der Waals surface area (Å²) in [5.74, 6) is 0. The van der Waals surface area contributed by atoms with Crippen molar-refractivity contribution < 1.29 is 9.90 Å². The molecule has 3 N–H and O–H groups in total. The molecule has 0 atom stereocenters. The quantitative estimate of drug-likeness (QED) is 0.782. The molecule has 128 valence electrons. The van der Waals surface area contributed by atoms with E-state index in [1.165, 1.54) is 0 Å². The molecule has 2 rings (SSSR count). The van der Waals surface area contributed by atoms with Crippen molar-refractivity contribution in [2.24, 2.45) is 0 Å². The van der Waals surface area contributed by atoms with Crippen LogP contribution < -0.4 is 10.6 Å². The molecule has 0 heterocycles. The number of benzene rings is 2. The molecule has 0 aliphatic carbocycles. The highest BCUT2D eigenvalue weighted by Gasteiger charge is 2.18. The van der Waals surface area contributed by atoms with Gasteiger partial charge in [-0.1, -0.05) is 63.2 Å². The van der Waals surface area contributed by atoms with Gasteiger partial charge in [-0.15, -0.1) is 0 Å². The summed E-state index contributed by atoms with van der Waals surface area (Å²) < 4.78 is 0. The van der Waals surface area contributed by atoms with Crippen molar-refractivity contribution in [3.05, 3.63) is 65.2 Å². The zero-order valence-electron chi connectivity index (χ0n) is 14.6. The summed E-state index contributed by atoms with van der Waals surface area (Å²) in [6.45, 7) is 6.99. The smallest absolute Gasteiger partial charge is 0.319 e. The molecule has 4 heteroatoms. The number of para-hydroxylation sites is 1. The molecule has 2 aromatic carbocycles. The molecular formula is C20H26N2O2. The first-order valence-corrected chi connectivity index (χ1v) is 8.23. The average Bonchev–Trinajstić information content (AvgIpc) is 2.55. The Hall–Kier alpha value is -2.33. The van der Waals surface area contributed by atoms with Crippen molar-refractivity contribution in [1.29, 1.82) is 0 Å². The molecule has 0 aliphatic heterocycles. The van der Waals surface area contributed by atoms with E-state index in [9.17, 15) is 4.79 Å². The normalized spacial score (nSPS) is 11.2. The van der Waals surface area contributed by atoms with Crippen LogP contribution in [0, 0.1) is 0 Å². The number of carbonyl (C=O) groups excluding carboxylic acids is 1. The molecule has 0 unspecified atom stereocenters. The maximum absolute atomic E-state index is 12.1. The first-order valence-electron chi connectivity index (χ1n) is 8.23. The Labute approximate surface area is 143 Å². The second-order valence-electron chi connectivity index (χ2n) is 6.90. The first-order chi connectivity index (χ1) is 11.4. The molecule has 0 aromatic heterocycles. The Kier molecular flexibility index (Phi) is 5.99. The van der Waals surface area contributed by atoms with Gasteiger partial charge in [-0.25, -0.2) is 4.79 Å². The van der Waals surface area contributed by atoms with E-state index in [4.69, 9.17) is 5.11 Å². The Bertz CT molecular complexity index is 673. The third-order valence-corrected chi connectivity index (χ3v) is 3.89. The molecule has 0 saturated carbocycles. The van der Waals surface area contributed by atoms with Gasteiger partial charge in [-0.3, -0.25) is 0 Å². The monoisotopic (exact) mass is 326 g/mol. The summed E-state index contributed by atoms with van der Waals surface area (Å²) in [7, 11) is 0. The molecule has 4 nitrogen and oxygen atoms in total. The van der Waals surface area contributed by atoms with Crippen LogP contribution in [0.2, 0.25) is 0 Å². The molecular weight excluding hydrogens is 300 g/mol. The van der Waals surface area contributed by atoms with Crippen LogP contribution in [-0.2, 0) is 18.4 Å². The van der Waals surface area contributed by atoms with E-state index in [0.717, 1.165) is 28.8 Å². The molecule has 2 aromatic rings. The molecule has 24 heavy (non-hydrogen) atoms. The fourth-order valence-electron chi connectivity index (χ4n) is 2.54. The van der Waals surface area contributed by atoms with E-state index in [0.29, 0.717) is 6.54 Å². The Morgan fingerprint density at radius 1 is 1.00 bits per heavy atom. The number of carbonyl (C=O) groups is 1. The summed E-state index contributed by atoms with van der Waals surface area (Å²) in [6.07, 6.45) is 0.750. The SMILES string of the molecule is CC(C)(C)c1ccccc1NC(=O)NCCc1ccc(CO)cc1. The van der Waals surface area contributed by atoms with Gasteiger partial charge in [-0.05, 0) is 34.6 Å². The lowest BCUT2D eigenvalue weighted by Gasteiger charge is -2.23. The maximum atomic E-state index is 12.1. The van der Waals surface area contributed by atoms with Crippen LogP contribution in [0.1, 0.15) is 37.5 Å². The van der Waals surface area contributed by atoms with Gasteiger partial charge in [0.05, 0.1) is 6.61 Å². The van der Waals surface area contributed by atoms with Crippen molar-refractivity contribution >= 4 is 11.7 Å². The van der Waals surface area contributed by atoms with Crippen molar-refractivity contribution in [2.45, 2.75) is 39.2 Å². The first kappa shape index (κ1) is 18.0. The van der Waals surface area contributed by atoms with Crippen molar-refractivity contribution in [1.82, 2.24) is 5.32 Å². The lowest BCUT2D eigenvalue weighted by molar-refractivity contribution is 0.252. The van der Waals surface area contributed by atoms with Gasteiger partial charge in [0.15, 0.2) is 0 Å². The minimum Gasteiger partial charge on any atom is -0.392 e. The second kappa shape index (κ2) is 7.97. The average molecular weight is 326 g/mol. The molecule has 0 radical (unpaired) electrons. The van der Waals surface area contributed by atoms with Gasteiger partial charge < -0.3 is 15.7 Å². The van der Waals surface area contributed by atoms with Gasteiger partial charge in [-0.2, -0.15) is 0 Å². The Balaban J connectivity index is 1.87. The Morgan fingerprint density at radius 3 is 2.25 bits per heavy atom. The highest BCUT2D eigenvalue weighted by molar-refractivity contribution is 5.90. The predicted octanol–water partition coefficient (Wildman–Crippen LogP) is 3.84. The lowest BCUT2D eigenvalue weighted by atomic mass is 9.86. The van der Waals surface area contributed by atoms with Crippen molar-refractivity contribution in [2.75, 3.05) is 11.9 Å². The number of urea groups is 1. The van der Waals surface area contributed by atoms with Gasteiger partial charge >= 0.3 is 6.03 Å². The Morgan fingerprint density at radius 2 is 1.62 bits per heavy atom. The zero-order chi connectivity index (χ0) is 17.6. The van der Waals surface area contributed by atoms with E-state index in [2.05, 4.69) is 31.4 Å². The molecule has 0 fully saturated rings. The molecule has 2 amide bonds. The topological polar surface area (TPSA) is 61.4 Å². The number of hydrogen-bond donors (Lipinski definition) is 3. The summed E-state index contributed by atoms with van der Waals surface area (Å²) >= 11 is 0. The fraction of sp³-hybridized carbons (Fsp3) is 0.350. The van der Waals surface area contributed by atoms with E-state index in [1.54, 1.807) is 0 Å². The van der Waals surface area contributed by atoms with Gasteiger partial charge in [0, 0.05) is 12.2 Å². The van der Waals surface area contributed by atoms with Crippen molar-refractivity contribution in [3.63, 3.8) is 0 Å². The number of hydrogen-bond acceptors (Lipinski definition) is 2. The van der Waals surface area contributed by atoms with Gasteiger partial charge in [0.2, 0.25) is 0 Å². The van der Waals surface area contributed by atoms with Crippen LogP contribution in [0.3, 0.4) is 0 Å². The molecule has 0 aliphatic rings. The van der Waals surface area contributed by atoms with Crippen molar-refractivity contribution in [3.8, 4) is 0 Å². The van der Waals surface area contributed by atoms with Crippen LogP contribution in [-0.4, -0.2) is 17.7 Å². The van der Waals surface area contributed by atoms with E-state index >= 15 is 0 Å². The lowest BCUT2D eigenvalue weighted by Crippen LogP contribution is -2.31. The predicted molar refractivity (Wildman–Crippen MR) is 98.2 cm³/mol. The summed E-state index contributed by atoms with van der Waals surface area (Å²) in [6, 6.07) is 15.4. The number of aliphatic hydroxyl groups is 1. The summed E-state index contributed by atoms with van der Waals surface area (Å²) in [5.41, 5.74) is 3.94. The van der Waals surface area contributed by atoms with Gasteiger partial charge in [0.25, 0.3) is 0 Å². The van der Waals surface area contributed by atoms with E-state index in [1.807, 2.05) is 48.5 Å². The van der Waals surface area contributed by atoms with Gasteiger partial charge in [0.1, 0.15) is 0 Å². The number of nitrogens with one attached hydrogen (secondary N) is 2. The number of anilines is 1. The third-order valence-electron chi connectivity index (χ3n) is 3.89. The standard InChI is InChI=1S/C20H26N2O2/c1-20(2,3)17-6-4-5-7-18(17)22-19(24)21-13-12-15-8-10-16(14-23)11-9-15/h4-11,23H,12-14H2,1-3H3,(H2,21,22,24). The van der Waals surface area contributed by atoms with Crippen LogP contribution in [0.25, 0.3) is 0 Å². The zero-order valence-corrected chi connectivity index (χ0v) is 14.6. The van der Waals surface area contributed by atoms with Crippen LogP contribution in [0.4, 0.5) is 10.5 Å². The minimum atomic E-state index is -0.196. The third kappa shape index (κ3) is 5.10. The van der Waals surface area contributed by atoms with Crippen LogP contribution in [0.5, 0.6) is 0 Å². The summed E-state index contributed by atoms with van der Waals surface area (Å²) in [5, 5.41) is 14.9. The van der Waals surface area contributed by atoms with Crippen LogP contribution >= 0.6 is 0 Å². The number of rotatable bonds is 5. The van der Waals surface area contributed by atoms with E-state index in [-0.39, 0.29) is 18.1 Å². The fourth-order valence-corrected chi connectivity index (χ4v) is 2.54. The molecule has 0 saturated heterocycles. The minimum absolute atomic E-state index is 0.0294. The highest BCUT2D eigenvalue weighted by atomic mass is 16.3.